The van der Waals surface area contributed by atoms with Crippen molar-refractivity contribution in [2.24, 2.45) is 0 Å². The number of rotatable bonds is 12. The summed E-state index contributed by atoms with van der Waals surface area (Å²) < 4.78 is 0. The number of allylic oxidation sites excluding steroid dienone is 4. The van der Waals surface area contributed by atoms with Gasteiger partial charge in [0.15, 0.2) is 23.1 Å². The fourth-order valence-corrected chi connectivity index (χ4v) is 5.96. The van der Waals surface area contributed by atoms with Gasteiger partial charge in [0.1, 0.15) is 0 Å². The summed E-state index contributed by atoms with van der Waals surface area (Å²) in [5.74, 6) is -2.12. The van der Waals surface area contributed by atoms with Crippen LogP contribution in [0, 0.1) is 49.4 Å². The second-order valence-electron chi connectivity index (χ2n) is 14.6. The maximum Gasteiger partial charge on any atom is 3.00 e. The smallest absolute Gasteiger partial charge is 0.872 e. The van der Waals surface area contributed by atoms with Crippen LogP contribution in [-0.2, 0) is 0 Å². The van der Waals surface area contributed by atoms with Crippen molar-refractivity contribution in [3.8, 4) is 0 Å². The van der Waals surface area contributed by atoms with Gasteiger partial charge in [-0.2, -0.15) is 0 Å². The first-order valence-electron chi connectivity index (χ1n) is 22.3. The largest absolute Gasteiger partial charge is 3.00 e. The van der Waals surface area contributed by atoms with Crippen molar-refractivity contribution in [3.05, 3.63) is 311 Å². The van der Waals surface area contributed by atoms with Gasteiger partial charge in [0.05, 0.1) is 10.7 Å². The van der Waals surface area contributed by atoms with Crippen molar-refractivity contribution in [2.75, 3.05) is 10.7 Å². The van der Waals surface area contributed by atoms with E-state index in [9.17, 15) is 39.6 Å². The summed E-state index contributed by atoms with van der Waals surface area (Å²) in [5, 5.41) is 47.4. The van der Waals surface area contributed by atoms with Crippen LogP contribution in [0.4, 0.5) is 0 Å². The molecule has 0 aliphatic rings. The number of alkyl halides is 4. The first-order valence-corrected chi connectivity index (χ1v) is 24.4. The van der Waals surface area contributed by atoms with Crippen LogP contribution in [0.25, 0.3) is 23.0 Å². The maximum absolute atomic E-state index is 11.8. The molecule has 0 saturated heterocycles. The molecule has 0 heterocycles. The molecule has 0 atom stereocenters. The van der Waals surface area contributed by atoms with Crippen molar-refractivity contribution in [3.63, 3.8) is 0 Å². The van der Waals surface area contributed by atoms with E-state index in [-0.39, 0.29) is 158 Å². The van der Waals surface area contributed by atoms with Gasteiger partial charge >= 0.3 is 101 Å². The molecule has 0 aromatic heterocycles. The van der Waals surface area contributed by atoms with E-state index in [1.807, 2.05) is 48.5 Å². The van der Waals surface area contributed by atoms with Gasteiger partial charge < -0.3 is 20.4 Å². The van der Waals surface area contributed by atoms with E-state index in [1.165, 1.54) is 0 Å². The van der Waals surface area contributed by atoms with Crippen molar-refractivity contribution in [1.82, 2.24) is 0 Å². The van der Waals surface area contributed by atoms with E-state index in [1.54, 1.807) is 194 Å². The molecular formula is C62H48Cl4EuKO8. The quantitative estimate of drug-likeness (QED) is 0.0386. The SMILES string of the molecule is ClCCl.ClCCl.O=C(/C=C(\[O-])c1ccccc1)c1ccccc1.O=C(/C=C(\[O-])c1ccccc1)c1ccccc1.O=C(/C=C(\[O-])c1ccccc1)c1ccccc1.O=C(/C=C(\[O-])c1ccccc1)c1ccccc1.[Eu+3].[K+]. The Bertz CT molecular complexity index is 2590. The fourth-order valence-electron chi connectivity index (χ4n) is 5.96. The Labute approximate surface area is 547 Å². The molecule has 0 amide bonds. The molecule has 0 N–H and O–H groups in total. The molecule has 76 heavy (non-hydrogen) atoms. The molecule has 0 fully saturated rings. The summed E-state index contributed by atoms with van der Waals surface area (Å²) in [4.78, 5) is 47.0. The minimum Gasteiger partial charge on any atom is -0.872 e. The van der Waals surface area contributed by atoms with E-state index < -0.39 is 0 Å². The van der Waals surface area contributed by atoms with Gasteiger partial charge in [-0.25, -0.2) is 0 Å². The second-order valence-corrected chi connectivity index (χ2v) is 16.2. The monoisotopic (exact) mass is 1250 g/mol. The number of benzene rings is 8. The van der Waals surface area contributed by atoms with Gasteiger partial charge in [0, 0.05) is 22.3 Å². The molecule has 0 aliphatic carbocycles. The normalized spacial score (nSPS) is 10.5. The average molecular weight is 1250 g/mol. The van der Waals surface area contributed by atoms with Crippen LogP contribution in [0.2, 0.25) is 0 Å². The van der Waals surface area contributed by atoms with Crippen molar-refractivity contribution in [1.29, 1.82) is 0 Å². The maximum atomic E-state index is 11.8. The van der Waals surface area contributed by atoms with Crippen LogP contribution in [0.15, 0.2) is 267 Å². The first-order chi connectivity index (χ1) is 35.9. The van der Waals surface area contributed by atoms with Crippen LogP contribution in [0.5, 0.6) is 0 Å². The molecule has 0 radical (unpaired) electrons. The van der Waals surface area contributed by atoms with E-state index in [4.69, 9.17) is 46.4 Å². The minimum absolute atomic E-state index is 0. The third-order valence-corrected chi connectivity index (χ3v) is 9.52. The van der Waals surface area contributed by atoms with E-state index >= 15 is 0 Å². The molecule has 0 unspecified atom stereocenters. The summed E-state index contributed by atoms with van der Waals surface area (Å²) in [6, 6.07) is 70.0. The summed E-state index contributed by atoms with van der Waals surface area (Å²) in [7, 11) is 0. The summed E-state index contributed by atoms with van der Waals surface area (Å²) in [6.07, 6.45) is 4.52. The first kappa shape index (κ1) is 69.0. The van der Waals surface area contributed by atoms with Gasteiger partial charge in [-0.3, -0.25) is 19.2 Å². The van der Waals surface area contributed by atoms with Gasteiger partial charge in [-0.15, -0.1) is 46.4 Å². The van der Waals surface area contributed by atoms with Crippen LogP contribution >= 0.6 is 46.4 Å². The average Bonchev–Trinajstić information content (AvgIpc) is 3.45. The summed E-state index contributed by atoms with van der Waals surface area (Å²) >= 11 is 19.1. The number of ketones is 4. The molecule has 0 saturated carbocycles. The Morgan fingerprint density at radius 2 is 0.368 bits per heavy atom. The Hall–Kier alpha value is -5.02. The third kappa shape index (κ3) is 27.9. The van der Waals surface area contributed by atoms with Crippen molar-refractivity contribution < 1.29 is 140 Å². The number of hydrogen-bond donors (Lipinski definition) is 0. The van der Waals surface area contributed by atoms with Crippen LogP contribution in [-0.4, -0.2) is 33.8 Å². The zero-order chi connectivity index (χ0) is 53.8. The molecule has 380 valence electrons. The second kappa shape index (κ2) is 42.1. The zero-order valence-corrected chi connectivity index (χ0v) is 49.5. The number of carbonyl (C=O) groups is 4. The van der Waals surface area contributed by atoms with Crippen molar-refractivity contribution >= 4 is 92.6 Å². The van der Waals surface area contributed by atoms with Gasteiger partial charge in [0.2, 0.25) is 0 Å². The minimum atomic E-state index is -0.264. The molecule has 8 aromatic carbocycles. The third-order valence-electron chi connectivity index (χ3n) is 9.52. The van der Waals surface area contributed by atoms with Crippen LogP contribution in [0.3, 0.4) is 0 Å². The fraction of sp³-hybridized carbons (Fsp3) is 0.0323. The Balaban J connectivity index is 0.000000485. The molecule has 8 nitrogen and oxygen atoms in total. The number of hydrogen-bond acceptors (Lipinski definition) is 8. The predicted molar refractivity (Wildman–Crippen MR) is 294 cm³/mol. The predicted octanol–water partition coefficient (Wildman–Crippen LogP) is 8.93. The van der Waals surface area contributed by atoms with Crippen molar-refractivity contribution in [2.45, 2.75) is 0 Å². The Morgan fingerprint density at radius 3 is 0.487 bits per heavy atom. The molecule has 14 heteroatoms. The van der Waals surface area contributed by atoms with E-state index in [0.717, 1.165) is 24.3 Å². The van der Waals surface area contributed by atoms with Gasteiger partial charge in [0.25, 0.3) is 0 Å². The summed E-state index contributed by atoms with van der Waals surface area (Å²) in [6.45, 7) is 0. The topological polar surface area (TPSA) is 161 Å². The standard InChI is InChI=1S/4C15H12O2.2CH2Cl2.Eu.K/c4*16-14(12-7-3-1-4-8-12)11-15(17)13-9-5-2-6-10-13;2*2-1-3;;/h4*1-11,16H;2*1H2;;/q;;;;;;+3;+1/p-4/b4*14-11-;;;;. The molecule has 0 aliphatic heterocycles. The number of halogens is 4. The van der Waals surface area contributed by atoms with E-state index in [2.05, 4.69) is 0 Å². The molecule has 0 bridgehead atoms. The Morgan fingerprint density at radius 1 is 0.263 bits per heavy atom. The summed E-state index contributed by atoms with van der Waals surface area (Å²) in [5.41, 5.74) is 4.20. The zero-order valence-electron chi connectivity index (χ0n) is 41.0. The molecule has 8 aromatic rings. The van der Waals surface area contributed by atoms with Gasteiger partial charge in [-0.05, 0) is 46.6 Å². The Kier molecular flexibility index (Phi) is 38.2. The number of carbonyl (C=O) groups excluding carboxylic acids is 4. The van der Waals surface area contributed by atoms with E-state index in [0.29, 0.717) is 44.5 Å². The molecular weight excluding hydrogens is 1210 g/mol. The van der Waals surface area contributed by atoms with Crippen LogP contribution in [0.1, 0.15) is 63.7 Å². The molecule has 0 spiro atoms. The van der Waals surface area contributed by atoms with Gasteiger partial charge in [-0.1, -0.05) is 266 Å². The molecule has 8 rings (SSSR count). The van der Waals surface area contributed by atoms with Crippen LogP contribution < -0.4 is 71.8 Å².